The minimum atomic E-state index is 0.373. The van der Waals surface area contributed by atoms with Crippen LogP contribution >= 0.6 is 0 Å². The number of aromatic nitrogens is 5. The van der Waals surface area contributed by atoms with Gasteiger partial charge in [-0.15, -0.1) is 0 Å². The van der Waals surface area contributed by atoms with Gasteiger partial charge in [-0.1, -0.05) is 5.16 Å². The maximum absolute atomic E-state index is 5.60. The number of hydrogen-bond donors (Lipinski definition) is 0. The molecular weight excluding hydrogens is 416 g/mol. The van der Waals surface area contributed by atoms with Crippen LogP contribution in [0.2, 0.25) is 0 Å². The van der Waals surface area contributed by atoms with Crippen molar-refractivity contribution in [3.63, 3.8) is 0 Å². The monoisotopic (exact) mass is 448 g/mol. The minimum Gasteiger partial charge on any atom is -0.356 e. The van der Waals surface area contributed by atoms with Crippen LogP contribution in [-0.2, 0) is 6.54 Å². The summed E-state index contributed by atoms with van der Waals surface area (Å²) in [5.41, 5.74) is 4.10. The maximum Gasteiger partial charge on any atom is 0.225 e. The standard InChI is InChI=1S/C24H32N8O/c1-17-12-21(33-29-17)20-15-27-24(32-8-4-5-9-32)28-22(20)19-6-10-31(11-7-19)16-18-13-25-23(26-14-18)30(2)3/h12-15,19H,4-11,16H2,1-3H3. The molecule has 33 heavy (non-hydrogen) atoms. The van der Waals surface area contributed by atoms with Gasteiger partial charge in [0.2, 0.25) is 11.9 Å². The van der Waals surface area contributed by atoms with Crippen molar-refractivity contribution in [1.29, 1.82) is 0 Å². The zero-order chi connectivity index (χ0) is 22.8. The molecule has 0 saturated carbocycles. The molecule has 0 unspecified atom stereocenters. The summed E-state index contributed by atoms with van der Waals surface area (Å²) in [6.45, 7) is 6.91. The molecular formula is C24H32N8O. The fraction of sp³-hybridized carbons (Fsp3) is 0.542. The smallest absolute Gasteiger partial charge is 0.225 e. The molecule has 0 N–H and O–H groups in total. The fourth-order valence-corrected chi connectivity index (χ4v) is 4.73. The van der Waals surface area contributed by atoms with Gasteiger partial charge in [-0.2, -0.15) is 0 Å². The molecule has 0 radical (unpaired) electrons. The zero-order valence-electron chi connectivity index (χ0n) is 19.7. The van der Waals surface area contributed by atoms with E-state index in [9.17, 15) is 0 Å². The lowest BCUT2D eigenvalue weighted by atomic mass is 9.90. The third-order valence-electron chi connectivity index (χ3n) is 6.56. The van der Waals surface area contributed by atoms with E-state index >= 15 is 0 Å². The highest BCUT2D eigenvalue weighted by molar-refractivity contribution is 5.61. The Hall–Kier alpha value is -3.07. The topological polar surface area (TPSA) is 87.3 Å². The Kier molecular flexibility index (Phi) is 6.22. The molecule has 0 atom stereocenters. The number of rotatable bonds is 6. The van der Waals surface area contributed by atoms with Gasteiger partial charge in [-0.05, 0) is 45.7 Å². The lowest BCUT2D eigenvalue weighted by molar-refractivity contribution is 0.203. The van der Waals surface area contributed by atoms with Crippen molar-refractivity contribution in [2.24, 2.45) is 0 Å². The molecule has 2 aliphatic heterocycles. The molecule has 0 amide bonds. The average Bonchev–Trinajstić information content (AvgIpc) is 3.52. The molecule has 3 aromatic heterocycles. The van der Waals surface area contributed by atoms with Gasteiger partial charge in [0.15, 0.2) is 5.76 Å². The lowest BCUT2D eigenvalue weighted by Gasteiger charge is -2.32. The van der Waals surface area contributed by atoms with Crippen LogP contribution in [0.15, 0.2) is 29.2 Å². The summed E-state index contributed by atoms with van der Waals surface area (Å²) in [5, 5.41) is 4.09. The third kappa shape index (κ3) is 4.83. The number of anilines is 2. The molecule has 3 aromatic rings. The van der Waals surface area contributed by atoms with Crippen LogP contribution in [0.3, 0.4) is 0 Å². The third-order valence-corrected chi connectivity index (χ3v) is 6.56. The molecule has 5 rings (SSSR count). The van der Waals surface area contributed by atoms with Gasteiger partial charge < -0.3 is 14.3 Å². The summed E-state index contributed by atoms with van der Waals surface area (Å²) in [6, 6.07) is 1.98. The van der Waals surface area contributed by atoms with Crippen molar-refractivity contribution in [3.8, 4) is 11.3 Å². The maximum atomic E-state index is 5.60. The molecule has 9 heteroatoms. The first-order valence-corrected chi connectivity index (χ1v) is 11.8. The highest BCUT2D eigenvalue weighted by Gasteiger charge is 2.27. The van der Waals surface area contributed by atoms with E-state index in [0.29, 0.717) is 5.92 Å². The second-order valence-corrected chi connectivity index (χ2v) is 9.33. The first-order valence-electron chi connectivity index (χ1n) is 11.8. The largest absolute Gasteiger partial charge is 0.356 e. The van der Waals surface area contributed by atoms with Gasteiger partial charge in [0.25, 0.3) is 0 Å². The van der Waals surface area contributed by atoms with Gasteiger partial charge in [0, 0.05) is 69.9 Å². The van der Waals surface area contributed by atoms with Crippen molar-refractivity contribution < 1.29 is 4.52 Å². The molecule has 2 aliphatic rings. The lowest BCUT2D eigenvalue weighted by Crippen LogP contribution is -2.33. The molecule has 174 valence electrons. The number of piperidine rings is 1. The van der Waals surface area contributed by atoms with Crippen LogP contribution in [0.4, 0.5) is 11.9 Å². The SMILES string of the molecule is Cc1cc(-c2cnc(N3CCCC3)nc2C2CCN(Cc3cnc(N(C)C)nc3)CC2)on1. The summed E-state index contributed by atoms with van der Waals surface area (Å²) >= 11 is 0. The van der Waals surface area contributed by atoms with Crippen molar-refractivity contribution in [2.45, 2.75) is 45.1 Å². The number of nitrogens with zero attached hydrogens (tertiary/aromatic N) is 8. The van der Waals surface area contributed by atoms with Crippen LogP contribution in [0.5, 0.6) is 0 Å². The summed E-state index contributed by atoms with van der Waals surface area (Å²) in [4.78, 5) is 25.4. The summed E-state index contributed by atoms with van der Waals surface area (Å²) in [7, 11) is 3.91. The Morgan fingerprint density at radius 2 is 1.73 bits per heavy atom. The second-order valence-electron chi connectivity index (χ2n) is 9.33. The van der Waals surface area contributed by atoms with E-state index in [4.69, 9.17) is 14.5 Å². The van der Waals surface area contributed by atoms with Crippen molar-refractivity contribution in [1.82, 2.24) is 30.0 Å². The van der Waals surface area contributed by atoms with Crippen LogP contribution in [0, 0.1) is 6.92 Å². The highest BCUT2D eigenvalue weighted by atomic mass is 16.5. The van der Waals surface area contributed by atoms with Gasteiger partial charge >= 0.3 is 0 Å². The first kappa shape index (κ1) is 21.8. The van der Waals surface area contributed by atoms with E-state index in [0.717, 1.165) is 85.7 Å². The summed E-state index contributed by atoms with van der Waals surface area (Å²) in [5.74, 6) is 2.72. The zero-order valence-corrected chi connectivity index (χ0v) is 19.7. The molecule has 5 heterocycles. The molecule has 2 saturated heterocycles. The predicted octanol–water partition coefficient (Wildman–Crippen LogP) is 3.28. The summed E-state index contributed by atoms with van der Waals surface area (Å²) in [6.07, 6.45) is 10.3. The van der Waals surface area contributed by atoms with Crippen LogP contribution in [-0.4, -0.2) is 70.3 Å². The van der Waals surface area contributed by atoms with E-state index in [1.165, 1.54) is 12.8 Å². The van der Waals surface area contributed by atoms with Crippen molar-refractivity contribution >= 4 is 11.9 Å². The normalized spacial score (nSPS) is 17.6. The van der Waals surface area contributed by atoms with Crippen LogP contribution in [0.1, 0.15) is 48.6 Å². The van der Waals surface area contributed by atoms with Crippen LogP contribution in [0.25, 0.3) is 11.3 Å². The van der Waals surface area contributed by atoms with E-state index in [2.05, 4.69) is 24.9 Å². The fourth-order valence-electron chi connectivity index (χ4n) is 4.73. The van der Waals surface area contributed by atoms with Crippen LogP contribution < -0.4 is 9.80 Å². The average molecular weight is 449 g/mol. The quantitative estimate of drug-likeness (QED) is 0.564. The Morgan fingerprint density at radius 3 is 2.36 bits per heavy atom. The Bertz CT molecular complexity index is 1070. The highest BCUT2D eigenvalue weighted by Crippen LogP contribution is 2.35. The van der Waals surface area contributed by atoms with Crippen molar-refractivity contribution in [2.75, 3.05) is 50.1 Å². The number of hydrogen-bond acceptors (Lipinski definition) is 9. The van der Waals surface area contributed by atoms with Gasteiger partial charge in [-0.3, -0.25) is 4.90 Å². The van der Waals surface area contributed by atoms with Crippen molar-refractivity contribution in [3.05, 3.63) is 41.6 Å². The summed E-state index contributed by atoms with van der Waals surface area (Å²) < 4.78 is 5.60. The molecule has 0 bridgehead atoms. The van der Waals surface area contributed by atoms with E-state index in [1.807, 2.05) is 50.6 Å². The Morgan fingerprint density at radius 1 is 1.00 bits per heavy atom. The molecule has 2 fully saturated rings. The molecule has 0 aliphatic carbocycles. The molecule has 0 spiro atoms. The minimum absolute atomic E-state index is 0.373. The predicted molar refractivity (Wildman–Crippen MR) is 127 cm³/mol. The number of aryl methyl sites for hydroxylation is 1. The van der Waals surface area contributed by atoms with E-state index < -0.39 is 0 Å². The van der Waals surface area contributed by atoms with E-state index in [1.54, 1.807) is 0 Å². The molecule has 0 aromatic carbocycles. The first-order chi connectivity index (χ1) is 16.1. The van der Waals surface area contributed by atoms with Gasteiger partial charge in [0.1, 0.15) is 0 Å². The molecule has 9 nitrogen and oxygen atoms in total. The van der Waals surface area contributed by atoms with E-state index in [-0.39, 0.29) is 0 Å². The number of likely N-dealkylation sites (tertiary alicyclic amines) is 1. The Labute approximate surface area is 194 Å². The second kappa shape index (κ2) is 9.43. The van der Waals surface area contributed by atoms with Gasteiger partial charge in [-0.25, -0.2) is 19.9 Å². The van der Waals surface area contributed by atoms with Gasteiger partial charge in [0.05, 0.1) is 17.0 Å². The Balaban J connectivity index is 1.31.